The molecule has 3 aromatic carbocycles. The average molecular weight is 436 g/mol. The van der Waals surface area contributed by atoms with Crippen molar-refractivity contribution in [3.05, 3.63) is 105 Å². The fourth-order valence-corrected chi connectivity index (χ4v) is 3.98. The number of hydrogen-bond acceptors (Lipinski definition) is 5. The molecule has 2 aliphatic heterocycles. The molecule has 7 heteroatoms. The van der Waals surface area contributed by atoms with Crippen molar-refractivity contribution >= 4 is 29.2 Å². The van der Waals surface area contributed by atoms with E-state index in [9.17, 15) is 9.50 Å². The van der Waals surface area contributed by atoms with Crippen LogP contribution in [0.15, 0.2) is 78.3 Å². The monoisotopic (exact) mass is 435 g/mol. The SMILES string of the molecule is COc1ccc(CN2C=c3cccc(F)c3=C3NN(c4ccc(Cl)cc4)C(O)=C32)cc1. The topological polar surface area (TPSA) is 48.0 Å². The number of methoxy groups -OCH3 is 1. The highest BCUT2D eigenvalue weighted by Gasteiger charge is 2.34. The van der Waals surface area contributed by atoms with Crippen LogP contribution in [0.25, 0.3) is 11.9 Å². The summed E-state index contributed by atoms with van der Waals surface area (Å²) in [6.45, 7) is 0.485. The molecular weight excluding hydrogens is 417 g/mol. The van der Waals surface area contributed by atoms with Crippen LogP contribution in [-0.2, 0) is 6.54 Å². The number of halogens is 2. The van der Waals surface area contributed by atoms with Gasteiger partial charge < -0.3 is 14.7 Å². The second kappa shape index (κ2) is 7.56. The van der Waals surface area contributed by atoms with E-state index in [0.717, 1.165) is 16.5 Å². The van der Waals surface area contributed by atoms with E-state index in [1.165, 1.54) is 11.1 Å². The first-order valence-corrected chi connectivity index (χ1v) is 10.1. The van der Waals surface area contributed by atoms with Gasteiger partial charge in [-0.05, 0) is 48.0 Å². The van der Waals surface area contributed by atoms with Gasteiger partial charge in [0.2, 0.25) is 5.88 Å². The number of aliphatic hydroxyl groups is 1. The van der Waals surface area contributed by atoms with Crippen LogP contribution in [-0.4, -0.2) is 17.1 Å². The summed E-state index contributed by atoms with van der Waals surface area (Å²) in [5.41, 5.74) is 5.88. The van der Waals surface area contributed by atoms with Crippen molar-refractivity contribution in [3.63, 3.8) is 0 Å². The molecule has 0 saturated heterocycles. The lowest BCUT2D eigenvalue weighted by molar-refractivity contribution is 0.367. The molecule has 2 heterocycles. The lowest BCUT2D eigenvalue weighted by atomic mass is 10.1. The Bertz CT molecular complexity index is 1300. The van der Waals surface area contributed by atoms with Crippen molar-refractivity contribution in [2.75, 3.05) is 12.1 Å². The van der Waals surface area contributed by atoms with Crippen molar-refractivity contribution in [1.82, 2.24) is 10.3 Å². The van der Waals surface area contributed by atoms with Crippen LogP contribution in [0.1, 0.15) is 5.56 Å². The van der Waals surface area contributed by atoms with E-state index in [1.54, 1.807) is 37.4 Å². The van der Waals surface area contributed by atoms with Crippen molar-refractivity contribution in [3.8, 4) is 5.75 Å². The van der Waals surface area contributed by atoms with E-state index in [2.05, 4.69) is 5.43 Å². The minimum Gasteiger partial charge on any atom is -0.497 e. The van der Waals surface area contributed by atoms with Gasteiger partial charge >= 0.3 is 0 Å². The summed E-state index contributed by atoms with van der Waals surface area (Å²) in [7, 11) is 1.62. The van der Waals surface area contributed by atoms with Gasteiger partial charge in [-0.3, -0.25) is 5.43 Å². The molecular formula is C24H19ClFN3O2. The largest absolute Gasteiger partial charge is 0.497 e. The standard InChI is InChI=1S/C24H19ClFN3O2/c1-31-19-11-5-15(6-12-19)13-28-14-16-3-2-4-20(26)21(16)22-23(28)24(30)29(27-22)18-9-7-17(25)8-10-18/h2-12,14,27,30H,13H2,1H3. The Morgan fingerprint density at radius 1 is 1.03 bits per heavy atom. The molecule has 3 aromatic rings. The zero-order valence-corrected chi connectivity index (χ0v) is 17.4. The molecule has 156 valence electrons. The van der Waals surface area contributed by atoms with Crippen molar-refractivity contribution in [2.24, 2.45) is 0 Å². The maximum Gasteiger partial charge on any atom is 0.237 e. The molecule has 0 saturated carbocycles. The van der Waals surface area contributed by atoms with Gasteiger partial charge in [-0.15, -0.1) is 0 Å². The zero-order valence-electron chi connectivity index (χ0n) is 16.6. The predicted octanol–water partition coefficient (Wildman–Crippen LogP) is 3.60. The van der Waals surface area contributed by atoms with Gasteiger partial charge in [0, 0.05) is 28.2 Å². The first-order valence-electron chi connectivity index (χ1n) is 9.71. The number of fused-ring (bicyclic) bond motifs is 2. The molecule has 31 heavy (non-hydrogen) atoms. The fraction of sp³-hybridized carbons (Fsp3) is 0.0833. The van der Waals surface area contributed by atoms with Crippen molar-refractivity contribution in [1.29, 1.82) is 0 Å². The highest BCUT2D eigenvalue weighted by Crippen LogP contribution is 2.33. The third-order valence-electron chi connectivity index (χ3n) is 5.36. The summed E-state index contributed by atoms with van der Waals surface area (Å²) in [5, 5.41) is 14.4. The molecule has 0 aliphatic carbocycles. The summed E-state index contributed by atoms with van der Waals surface area (Å²) >= 11 is 6.01. The Morgan fingerprint density at radius 3 is 2.48 bits per heavy atom. The quantitative estimate of drug-likeness (QED) is 0.655. The molecule has 2 aliphatic rings. The lowest BCUT2D eigenvalue weighted by Crippen LogP contribution is -2.42. The van der Waals surface area contributed by atoms with E-state index >= 15 is 0 Å². The van der Waals surface area contributed by atoms with Crippen LogP contribution in [0, 0.1) is 5.82 Å². The Kier molecular flexibility index (Phi) is 4.71. The third kappa shape index (κ3) is 3.35. The zero-order chi connectivity index (χ0) is 21.5. The lowest BCUT2D eigenvalue weighted by Gasteiger charge is -2.25. The molecule has 0 radical (unpaired) electrons. The van der Waals surface area contributed by atoms with Gasteiger partial charge in [0.25, 0.3) is 0 Å². The maximum absolute atomic E-state index is 14.8. The molecule has 0 atom stereocenters. The van der Waals surface area contributed by atoms with Crippen LogP contribution in [0.5, 0.6) is 5.75 Å². The predicted molar refractivity (Wildman–Crippen MR) is 119 cm³/mol. The van der Waals surface area contributed by atoms with E-state index in [-0.39, 0.29) is 11.7 Å². The van der Waals surface area contributed by atoms with Crippen LogP contribution >= 0.6 is 11.6 Å². The number of aliphatic hydroxyl groups excluding tert-OH is 1. The number of ether oxygens (including phenoxy) is 1. The summed E-state index contributed by atoms with van der Waals surface area (Å²) in [5.74, 6) is 0.393. The molecule has 0 unspecified atom stereocenters. The molecule has 5 rings (SSSR count). The van der Waals surface area contributed by atoms with Gasteiger partial charge in [-0.1, -0.05) is 35.9 Å². The minimum absolute atomic E-state index is 0.0176. The smallest absolute Gasteiger partial charge is 0.237 e. The second-order valence-electron chi connectivity index (χ2n) is 7.28. The first-order chi connectivity index (χ1) is 15.0. The van der Waals surface area contributed by atoms with Gasteiger partial charge in [0.05, 0.1) is 18.5 Å². The van der Waals surface area contributed by atoms with Crippen molar-refractivity contribution in [2.45, 2.75) is 6.54 Å². The number of hydrazine groups is 1. The summed E-state index contributed by atoms with van der Waals surface area (Å²) in [6.07, 6.45) is 1.85. The number of nitrogens with one attached hydrogen (secondary N) is 1. The van der Waals surface area contributed by atoms with E-state index in [1.807, 2.05) is 41.4 Å². The van der Waals surface area contributed by atoms with Crippen molar-refractivity contribution < 1.29 is 14.2 Å². The van der Waals surface area contributed by atoms with Gasteiger partial charge in [-0.25, -0.2) is 9.40 Å². The first kappa shape index (κ1) is 19.3. The highest BCUT2D eigenvalue weighted by atomic mass is 35.5. The van der Waals surface area contributed by atoms with E-state index in [0.29, 0.717) is 33.9 Å². The molecule has 0 bridgehead atoms. The maximum atomic E-state index is 14.8. The molecule has 0 aromatic heterocycles. The Morgan fingerprint density at radius 2 is 1.77 bits per heavy atom. The number of rotatable bonds is 4. The number of nitrogens with zero attached hydrogens (tertiary/aromatic N) is 2. The van der Waals surface area contributed by atoms with E-state index in [4.69, 9.17) is 16.3 Å². The third-order valence-corrected chi connectivity index (χ3v) is 5.61. The summed E-state index contributed by atoms with van der Waals surface area (Å²) in [6, 6.07) is 19.7. The minimum atomic E-state index is -0.358. The number of anilines is 1. The van der Waals surface area contributed by atoms with Gasteiger partial charge in [-0.2, -0.15) is 0 Å². The van der Waals surface area contributed by atoms with E-state index < -0.39 is 0 Å². The Labute approximate surface area is 183 Å². The van der Waals surface area contributed by atoms with Gasteiger partial charge in [0.15, 0.2) is 0 Å². The molecule has 2 N–H and O–H groups in total. The number of benzene rings is 3. The Balaban J connectivity index is 1.64. The van der Waals surface area contributed by atoms with Gasteiger partial charge in [0.1, 0.15) is 17.3 Å². The van der Waals surface area contributed by atoms with Crippen LogP contribution in [0.4, 0.5) is 10.1 Å². The Hall–Kier alpha value is -3.64. The average Bonchev–Trinajstić information content (AvgIpc) is 3.12. The second-order valence-corrected chi connectivity index (χ2v) is 7.72. The molecule has 5 nitrogen and oxygen atoms in total. The normalized spacial score (nSPS) is 14.7. The summed E-state index contributed by atoms with van der Waals surface area (Å²) in [4.78, 5) is 1.91. The van der Waals surface area contributed by atoms with Crippen LogP contribution < -0.4 is 25.6 Å². The fourth-order valence-electron chi connectivity index (χ4n) is 3.86. The van der Waals surface area contributed by atoms with Crippen LogP contribution in [0.3, 0.4) is 0 Å². The summed E-state index contributed by atoms with van der Waals surface area (Å²) < 4.78 is 20.0. The van der Waals surface area contributed by atoms with Crippen LogP contribution in [0.2, 0.25) is 5.02 Å². The number of hydrogen-bond donors (Lipinski definition) is 2. The molecule has 0 amide bonds. The molecule has 0 spiro atoms. The highest BCUT2D eigenvalue weighted by molar-refractivity contribution is 6.30. The molecule has 0 fully saturated rings.